The van der Waals surface area contributed by atoms with Crippen molar-refractivity contribution in [2.24, 2.45) is 11.8 Å². The normalized spacial score (nSPS) is 42.2. The quantitative estimate of drug-likeness (QED) is 0.631. The van der Waals surface area contributed by atoms with Gasteiger partial charge in [0.15, 0.2) is 5.78 Å². The predicted molar refractivity (Wildman–Crippen MR) is 57.9 cm³/mol. The number of ether oxygens (including phenoxy) is 1. The third-order valence-corrected chi connectivity index (χ3v) is 4.23. The molecule has 86 valence electrons. The minimum atomic E-state index is -0.100. The molecule has 0 aromatic heterocycles. The van der Waals surface area contributed by atoms with Gasteiger partial charge in [-0.2, -0.15) is 0 Å². The fourth-order valence-electron chi connectivity index (χ4n) is 3.48. The topological polar surface area (TPSA) is 43.4 Å². The number of rotatable bonds is 1. The Hall–Kier alpha value is -0.960. The van der Waals surface area contributed by atoms with Gasteiger partial charge in [0.2, 0.25) is 0 Å². The van der Waals surface area contributed by atoms with E-state index in [1.54, 1.807) is 0 Å². The zero-order valence-corrected chi connectivity index (χ0v) is 9.44. The second-order valence-electron chi connectivity index (χ2n) is 5.12. The summed E-state index contributed by atoms with van der Waals surface area (Å²) < 4.78 is 5.87. The van der Waals surface area contributed by atoms with Crippen molar-refractivity contribution in [1.29, 1.82) is 0 Å². The summed E-state index contributed by atoms with van der Waals surface area (Å²) in [6.07, 6.45) is 4.36. The SMILES string of the molecule is C[C@H]1O[C@H]2C3=C(C(=O)CCC3)[C@@H]1C[C@H]2C=O. The average Bonchev–Trinajstić information content (AvgIpc) is 2.30. The van der Waals surface area contributed by atoms with E-state index in [0.29, 0.717) is 12.2 Å². The van der Waals surface area contributed by atoms with Crippen molar-refractivity contribution in [2.45, 2.75) is 44.8 Å². The largest absolute Gasteiger partial charge is 0.370 e. The number of Topliss-reactive ketones (excluding diaryl/α,β-unsaturated/α-hetero) is 1. The van der Waals surface area contributed by atoms with Crippen LogP contribution in [0.3, 0.4) is 0 Å². The van der Waals surface area contributed by atoms with Gasteiger partial charge < -0.3 is 9.53 Å². The first-order chi connectivity index (χ1) is 7.72. The van der Waals surface area contributed by atoms with Crippen LogP contribution >= 0.6 is 0 Å². The van der Waals surface area contributed by atoms with Crippen molar-refractivity contribution < 1.29 is 14.3 Å². The second-order valence-corrected chi connectivity index (χ2v) is 5.12. The molecule has 3 nitrogen and oxygen atoms in total. The molecule has 2 heterocycles. The van der Waals surface area contributed by atoms with Crippen molar-refractivity contribution in [3.05, 3.63) is 11.1 Å². The van der Waals surface area contributed by atoms with Gasteiger partial charge in [-0.3, -0.25) is 4.79 Å². The Morgan fingerprint density at radius 3 is 2.94 bits per heavy atom. The number of hydrogen-bond acceptors (Lipinski definition) is 3. The zero-order valence-electron chi connectivity index (χ0n) is 9.44. The Balaban J connectivity index is 2.07. The van der Waals surface area contributed by atoms with E-state index in [1.807, 2.05) is 6.92 Å². The molecular formula is C13H16O3. The maximum absolute atomic E-state index is 12.0. The van der Waals surface area contributed by atoms with E-state index in [0.717, 1.165) is 36.7 Å². The highest BCUT2D eigenvalue weighted by Gasteiger charge is 2.48. The van der Waals surface area contributed by atoms with Crippen LogP contribution in [0.25, 0.3) is 0 Å². The Kier molecular flexibility index (Phi) is 2.25. The fourth-order valence-corrected chi connectivity index (χ4v) is 3.48. The van der Waals surface area contributed by atoms with Crippen LogP contribution in [0, 0.1) is 11.8 Å². The van der Waals surface area contributed by atoms with E-state index in [2.05, 4.69) is 0 Å². The van der Waals surface area contributed by atoms with Crippen LogP contribution in [-0.2, 0) is 14.3 Å². The van der Waals surface area contributed by atoms with Gasteiger partial charge in [0, 0.05) is 23.8 Å². The Bertz CT molecular complexity index is 383. The summed E-state index contributed by atoms with van der Waals surface area (Å²) in [5.41, 5.74) is 2.16. The lowest BCUT2D eigenvalue weighted by atomic mass is 9.66. The molecular weight excluding hydrogens is 204 g/mol. The van der Waals surface area contributed by atoms with Gasteiger partial charge >= 0.3 is 0 Å². The minimum Gasteiger partial charge on any atom is -0.370 e. The first kappa shape index (κ1) is 10.2. The highest BCUT2D eigenvalue weighted by Crippen LogP contribution is 2.47. The van der Waals surface area contributed by atoms with Gasteiger partial charge in [0.05, 0.1) is 12.2 Å². The van der Waals surface area contributed by atoms with Crippen molar-refractivity contribution in [1.82, 2.24) is 0 Å². The molecule has 1 saturated heterocycles. The van der Waals surface area contributed by atoms with Crippen LogP contribution in [0.15, 0.2) is 11.1 Å². The number of fused-ring (bicyclic) bond motifs is 2. The molecule has 4 aliphatic rings. The molecule has 0 aromatic rings. The van der Waals surface area contributed by atoms with E-state index in [1.165, 1.54) is 0 Å². The number of carbonyl (C=O) groups is 2. The first-order valence-corrected chi connectivity index (χ1v) is 6.09. The molecule has 0 spiro atoms. The maximum Gasteiger partial charge on any atom is 0.159 e. The summed E-state index contributed by atoms with van der Waals surface area (Å²) in [6.45, 7) is 2.02. The summed E-state index contributed by atoms with van der Waals surface area (Å²) in [6, 6.07) is 0. The van der Waals surface area contributed by atoms with E-state index >= 15 is 0 Å². The van der Waals surface area contributed by atoms with Crippen molar-refractivity contribution in [3.63, 3.8) is 0 Å². The molecule has 2 bridgehead atoms. The lowest BCUT2D eigenvalue weighted by Gasteiger charge is -2.48. The van der Waals surface area contributed by atoms with E-state index in [9.17, 15) is 9.59 Å². The number of aldehydes is 1. The van der Waals surface area contributed by atoms with E-state index < -0.39 is 0 Å². The predicted octanol–water partition coefficient (Wildman–Crippen LogP) is 1.66. The molecule has 0 N–H and O–H groups in total. The molecule has 0 radical (unpaired) electrons. The third-order valence-electron chi connectivity index (χ3n) is 4.23. The summed E-state index contributed by atoms with van der Waals surface area (Å²) in [7, 11) is 0. The van der Waals surface area contributed by atoms with Crippen LogP contribution in [0.2, 0.25) is 0 Å². The Morgan fingerprint density at radius 1 is 1.38 bits per heavy atom. The monoisotopic (exact) mass is 220 g/mol. The first-order valence-electron chi connectivity index (χ1n) is 6.09. The van der Waals surface area contributed by atoms with Crippen LogP contribution in [0.4, 0.5) is 0 Å². The highest BCUT2D eigenvalue weighted by atomic mass is 16.5. The highest BCUT2D eigenvalue weighted by molar-refractivity contribution is 5.98. The number of carbonyl (C=O) groups excluding carboxylic acids is 2. The Morgan fingerprint density at radius 2 is 2.19 bits per heavy atom. The molecule has 0 amide bonds. The van der Waals surface area contributed by atoms with Gasteiger partial charge in [-0.05, 0) is 31.8 Å². The standard InChI is InChI=1S/C13H16O3/c1-7-10-5-8(6-14)13(16-7)9-3-2-4-11(15)12(9)10/h6-8,10,13H,2-5H2,1H3/t7-,8+,10-,13-/m1/s1. The number of ketones is 1. The molecule has 4 rings (SSSR count). The van der Waals surface area contributed by atoms with Gasteiger partial charge in [-0.25, -0.2) is 0 Å². The lowest BCUT2D eigenvalue weighted by Crippen LogP contribution is -2.50. The third kappa shape index (κ3) is 1.24. The van der Waals surface area contributed by atoms with Gasteiger partial charge in [0.25, 0.3) is 0 Å². The molecule has 2 aliphatic heterocycles. The summed E-state index contributed by atoms with van der Waals surface area (Å²) in [5, 5.41) is 0. The maximum atomic E-state index is 12.0. The van der Waals surface area contributed by atoms with Gasteiger partial charge in [0.1, 0.15) is 6.29 Å². The molecule has 0 aromatic carbocycles. The molecule has 2 aliphatic carbocycles. The minimum absolute atomic E-state index is 0.0224. The lowest BCUT2D eigenvalue weighted by molar-refractivity contribution is -0.136. The summed E-state index contributed by atoms with van der Waals surface area (Å²) in [5.74, 6) is 0.449. The van der Waals surface area contributed by atoms with Crippen molar-refractivity contribution >= 4 is 12.1 Å². The second kappa shape index (κ2) is 3.52. The molecule has 16 heavy (non-hydrogen) atoms. The van der Waals surface area contributed by atoms with Crippen LogP contribution in [0.5, 0.6) is 0 Å². The fraction of sp³-hybridized carbons (Fsp3) is 0.692. The summed E-state index contributed by atoms with van der Waals surface area (Å²) in [4.78, 5) is 23.0. The smallest absolute Gasteiger partial charge is 0.159 e. The van der Waals surface area contributed by atoms with Crippen LogP contribution in [-0.4, -0.2) is 24.3 Å². The molecule has 0 unspecified atom stereocenters. The Labute approximate surface area is 94.8 Å². The molecule has 0 saturated carbocycles. The molecule has 1 fully saturated rings. The van der Waals surface area contributed by atoms with Gasteiger partial charge in [-0.1, -0.05) is 0 Å². The average molecular weight is 220 g/mol. The van der Waals surface area contributed by atoms with E-state index in [4.69, 9.17) is 4.74 Å². The molecule has 3 heteroatoms. The number of hydrogen-bond donors (Lipinski definition) is 0. The van der Waals surface area contributed by atoms with E-state index in [-0.39, 0.29) is 24.0 Å². The van der Waals surface area contributed by atoms with Crippen molar-refractivity contribution in [3.8, 4) is 0 Å². The van der Waals surface area contributed by atoms with Crippen molar-refractivity contribution in [2.75, 3.05) is 0 Å². The van der Waals surface area contributed by atoms with Crippen LogP contribution < -0.4 is 0 Å². The zero-order chi connectivity index (χ0) is 11.3. The van der Waals surface area contributed by atoms with Crippen LogP contribution in [0.1, 0.15) is 32.6 Å². The molecule has 4 atom stereocenters. The van der Waals surface area contributed by atoms with Gasteiger partial charge in [-0.15, -0.1) is 0 Å². The summed E-state index contributed by atoms with van der Waals surface area (Å²) >= 11 is 0.